The summed E-state index contributed by atoms with van der Waals surface area (Å²) in [5.41, 5.74) is 5.27. The maximum atomic E-state index is 12.1. The van der Waals surface area contributed by atoms with E-state index < -0.39 is 25.5 Å². The van der Waals surface area contributed by atoms with Crippen molar-refractivity contribution in [3.8, 4) is 0 Å². The molecule has 1 heterocycles. The molecule has 108 valence electrons. The van der Waals surface area contributed by atoms with E-state index >= 15 is 0 Å². The van der Waals surface area contributed by atoms with Crippen molar-refractivity contribution in [2.45, 2.75) is 23.9 Å². The lowest BCUT2D eigenvalue weighted by molar-refractivity contribution is -0.387. The third kappa shape index (κ3) is 2.94. The summed E-state index contributed by atoms with van der Waals surface area (Å²) in [4.78, 5) is 11.3. The fraction of sp³-hybridized carbons (Fsp3) is 0.364. The summed E-state index contributed by atoms with van der Waals surface area (Å²) < 4.78 is 27.6. The Morgan fingerprint density at radius 1 is 1.45 bits per heavy atom. The third-order valence-corrected chi connectivity index (χ3v) is 4.29. The molecule has 0 aromatic heterocycles. The second kappa shape index (κ2) is 5.55. The molecule has 20 heavy (non-hydrogen) atoms. The van der Waals surface area contributed by atoms with Crippen LogP contribution >= 0.6 is 0 Å². The predicted octanol–water partition coefficient (Wildman–Crippen LogP) is 0.692. The molecule has 0 amide bonds. The van der Waals surface area contributed by atoms with E-state index in [0.717, 1.165) is 31.3 Å². The molecule has 1 saturated heterocycles. The molecule has 1 aromatic rings. The molecule has 1 aliphatic heterocycles. The lowest BCUT2D eigenvalue weighted by Gasteiger charge is -2.16. The lowest BCUT2D eigenvalue weighted by atomic mass is 10.3. The van der Waals surface area contributed by atoms with Crippen LogP contribution in [-0.2, 0) is 10.0 Å². The van der Waals surface area contributed by atoms with Gasteiger partial charge in [-0.25, -0.2) is 0 Å². The van der Waals surface area contributed by atoms with Gasteiger partial charge in [-0.15, -0.1) is 4.40 Å². The topological polar surface area (TPSA) is 119 Å². The number of para-hydroxylation sites is 1. The summed E-state index contributed by atoms with van der Waals surface area (Å²) in [6.07, 6.45) is 2.50. The smallest absolute Gasteiger partial charge is 0.290 e. The average molecular weight is 298 g/mol. The van der Waals surface area contributed by atoms with Gasteiger partial charge >= 0.3 is 0 Å². The summed E-state index contributed by atoms with van der Waals surface area (Å²) in [5.74, 6) is 0. The van der Waals surface area contributed by atoms with Gasteiger partial charge in [0.1, 0.15) is 6.34 Å². The first kappa shape index (κ1) is 14.4. The second-order valence-corrected chi connectivity index (χ2v) is 5.97. The highest BCUT2D eigenvalue weighted by atomic mass is 32.2. The molecule has 0 saturated carbocycles. The first-order valence-corrected chi connectivity index (χ1v) is 7.41. The molecular formula is C11H14N4O4S. The summed E-state index contributed by atoms with van der Waals surface area (Å²) in [6, 6.07) is 5.10. The van der Waals surface area contributed by atoms with Gasteiger partial charge in [-0.1, -0.05) is 12.1 Å². The zero-order chi connectivity index (χ0) is 14.8. The molecule has 1 aromatic carbocycles. The number of hydrogen-bond donors (Lipinski definition) is 1. The van der Waals surface area contributed by atoms with Crippen molar-refractivity contribution in [2.24, 2.45) is 10.1 Å². The molecule has 1 unspecified atom stereocenters. The van der Waals surface area contributed by atoms with E-state index in [9.17, 15) is 18.5 Å². The summed E-state index contributed by atoms with van der Waals surface area (Å²) in [7, 11) is -4.12. The van der Waals surface area contributed by atoms with Crippen LogP contribution in [0.25, 0.3) is 0 Å². The van der Waals surface area contributed by atoms with Gasteiger partial charge in [0.2, 0.25) is 0 Å². The number of nitrogens with two attached hydrogens (primary N) is 1. The molecule has 9 heteroatoms. The largest absolute Gasteiger partial charge is 0.347 e. The van der Waals surface area contributed by atoms with Crippen LogP contribution < -0.4 is 5.73 Å². The highest BCUT2D eigenvalue weighted by molar-refractivity contribution is 7.90. The van der Waals surface area contributed by atoms with Crippen molar-refractivity contribution in [3.63, 3.8) is 0 Å². The van der Waals surface area contributed by atoms with E-state index in [0.29, 0.717) is 6.54 Å². The molecule has 8 nitrogen and oxygen atoms in total. The van der Waals surface area contributed by atoms with Crippen molar-refractivity contribution in [1.29, 1.82) is 0 Å². The van der Waals surface area contributed by atoms with E-state index in [1.165, 1.54) is 12.1 Å². The predicted molar refractivity (Wildman–Crippen MR) is 72.7 cm³/mol. The Morgan fingerprint density at radius 3 is 2.75 bits per heavy atom. The van der Waals surface area contributed by atoms with Crippen LogP contribution in [0.1, 0.15) is 12.8 Å². The zero-order valence-electron chi connectivity index (χ0n) is 10.5. The minimum Gasteiger partial charge on any atom is -0.347 e. The Morgan fingerprint density at radius 2 is 2.15 bits per heavy atom. The van der Waals surface area contributed by atoms with Gasteiger partial charge in [0.25, 0.3) is 15.7 Å². The van der Waals surface area contributed by atoms with E-state index in [4.69, 9.17) is 5.73 Å². The fourth-order valence-electron chi connectivity index (χ4n) is 1.96. The first-order chi connectivity index (χ1) is 9.42. The number of hydrogen-bond acceptors (Lipinski definition) is 5. The standard InChI is InChI=1S/C11H14N4O4S/c12-11-6-3-7-14(11)8-13-20(18,19)10-5-2-1-4-9(10)15(16)17/h1-2,4-5,8,11H,3,6-7,12H2. The quantitative estimate of drug-likeness (QED) is 0.378. The SMILES string of the molecule is NC1CCCN1C=NS(=O)(=O)c1ccccc1[N+](=O)[O-]. The van der Waals surface area contributed by atoms with Gasteiger partial charge in [-0.3, -0.25) is 10.1 Å². The molecule has 0 spiro atoms. The van der Waals surface area contributed by atoms with Crippen molar-refractivity contribution in [2.75, 3.05) is 6.54 Å². The molecular weight excluding hydrogens is 284 g/mol. The Labute approximate surface area is 116 Å². The van der Waals surface area contributed by atoms with Crippen LogP contribution in [-0.4, -0.2) is 37.3 Å². The monoisotopic (exact) mass is 298 g/mol. The van der Waals surface area contributed by atoms with Crippen molar-refractivity contribution >= 4 is 22.0 Å². The number of sulfonamides is 1. The van der Waals surface area contributed by atoms with E-state index in [1.54, 1.807) is 4.90 Å². The number of nitrogens with zero attached hydrogens (tertiary/aromatic N) is 3. The third-order valence-electron chi connectivity index (χ3n) is 3.02. The van der Waals surface area contributed by atoms with Crippen LogP contribution in [0, 0.1) is 10.1 Å². The number of nitro benzene ring substituents is 1. The first-order valence-electron chi connectivity index (χ1n) is 5.97. The van der Waals surface area contributed by atoms with Crippen LogP contribution in [0.4, 0.5) is 5.69 Å². The van der Waals surface area contributed by atoms with Crippen molar-refractivity contribution < 1.29 is 13.3 Å². The van der Waals surface area contributed by atoms with Gasteiger partial charge in [-0.05, 0) is 18.9 Å². The number of benzene rings is 1. The molecule has 1 atom stereocenters. The van der Waals surface area contributed by atoms with E-state index in [-0.39, 0.29) is 6.17 Å². The maximum Gasteiger partial charge on any atom is 0.290 e. The number of nitro groups is 1. The molecule has 1 fully saturated rings. The average Bonchev–Trinajstić information content (AvgIpc) is 2.82. The van der Waals surface area contributed by atoms with Crippen LogP contribution in [0.5, 0.6) is 0 Å². The molecule has 0 bridgehead atoms. The van der Waals surface area contributed by atoms with Crippen molar-refractivity contribution in [3.05, 3.63) is 34.4 Å². The second-order valence-electron chi connectivity index (χ2n) is 4.37. The van der Waals surface area contributed by atoms with Crippen LogP contribution in [0.2, 0.25) is 0 Å². The van der Waals surface area contributed by atoms with Gasteiger partial charge < -0.3 is 10.6 Å². The highest BCUT2D eigenvalue weighted by Crippen LogP contribution is 2.24. The van der Waals surface area contributed by atoms with E-state index in [2.05, 4.69) is 4.40 Å². The lowest BCUT2D eigenvalue weighted by Crippen LogP contribution is -2.35. The normalized spacial score (nSPS) is 19.6. The minimum atomic E-state index is -4.12. The van der Waals surface area contributed by atoms with Gasteiger partial charge in [0, 0.05) is 12.6 Å². The zero-order valence-corrected chi connectivity index (χ0v) is 11.4. The van der Waals surface area contributed by atoms with Crippen LogP contribution in [0.3, 0.4) is 0 Å². The molecule has 2 rings (SSSR count). The molecule has 0 aliphatic carbocycles. The molecule has 0 radical (unpaired) electrons. The Kier molecular flexibility index (Phi) is 4.00. The Bertz CT molecular complexity index is 644. The summed E-state index contributed by atoms with van der Waals surface area (Å²) >= 11 is 0. The number of likely N-dealkylation sites (tertiary alicyclic amines) is 1. The van der Waals surface area contributed by atoms with Gasteiger partial charge in [0.15, 0.2) is 4.90 Å². The van der Waals surface area contributed by atoms with Gasteiger partial charge in [0.05, 0.1) is 11.1 Å². The number of rotatable bonds is 4. The Hall–Kier alpha value is -2.00. The summed E-state index contributed by atoms with van der Waals surface area (Å²) in [5, 5.41) is 10.8. The van der Waals surface area contributed by atoms with E-state index in [1.807, 2.05) is 0 Å². The highest BCUT2D eigenvalue weighted by Gasteiger charge is 2.25. The van der Waals surface area contributed by atoms with Crippen molar-refractivity contribution in [1.82, 2.24) is 4.90 Å². The van der Waals surface area contributed by atoms with Crippen LogP contribution in [0.15, 0.2) is 33.6 Å². The fourth-order valence-corrected chi connectivity index (χ4v) is 2.98. The Balaban J connectivity index is 2.31. The minimum absolute atomic E-state index is 0.264. The molecule has 1 aliphatic rings. The maximum absolute atomic E-state index is 12.1. The molecule has 2 N–H and O–H groups in total. The summed E-state index contributed by atoms with van der Waals surface area (Å²) in [6.45, 7) is 0.622. The van der Waals surface area contributed by atoms with Gasteiger partial charge in [-0.2, -0.15) is 8.42 Å².